The van der Waals surface area contributed by atoms with Gasteiger partial charge in [-0.3, -0.25) is 4.79 Å². The van der Waals surface area contributed by atoms with Crippen molar-refractivity contribution < 1.29 is 4.79 Å². The number of rotatable bonds is 25. The zero-order valence-corrected chi connectivity index (χ0v) is 24.4. The second-order valence-corrected chi connectivity index (χ2v) is 11.3. The topological polar surface area (TPSA) is 44.4 Å². The average molecular weight is 502 g/mol. The summed E-state index contributed by atoms with van der Waals surface area (Å²) in [5.41, 5.74) is 2.24. The van der Waals surface area contributed by atoms with E-state index in [0.29, 0.717) is 0 Å². The minimum atomic E-state index is -0.305. The van der Waals surface area contributed by atoms with Gasteiger partial charge < -0.3 is 15.5 Å². The smallest absolute Gasteiger partial charge is 0.207 e. The number of hydrogen-bond donors (Lipinski definition) is 2. The van der Waals surface area contributed by atoms with E-state index in [2.05, 4.69) is 67.7 Å². The molecule has 0 aromatic heterocycles. The van der Waals surface area contributed by atoms with Crippen molar-refractivity contribution >= 4 is 6.41 Å². The molecule has 1 rings (SSSR count). The van der Waals surface area contributed by atoms with Crippen LogP contribution in [0.4, 0.5) is 0 Å². The van der Waals surface area contributed by atoms with Gasteiger partial charge in [0.25, 0.3) is 0 Å². The van der Waals surface area contributed by atoms with Crippen LogP contribution in [0.15, 0.2) is 24.3 Å². The summed E-state index contributed by atoms with van der Waals surface area (Å²) in [6, 6.07) is 8.60. The Bertz CT molecular complexity index is 648. The van der Waals surface area contributed by atoms with Crippen molar-refractivity contribution in [3.05, 3.63) is 35.4 Å². The van der Waals surface area contributed by atoms with Crippen molar-refractivity contribution in [2.45, 2.75) is 135 Å². The molecule has 0 spiro atoms. The molecule has 0 radical (unpaired) electrons. The summed E-state index contributed by atoms with van der Waals surface area (Å²) in [7, 11) is 4.23. The molecule has 1 unspecified atom stereocenters. The fraction of sp³-hybridized carbons (Fsp3) is 0.781. The van der Waals surface area contributed by atoms with Crippen molar-refractivity contribution in [3.8, 4) is 0 Å². The van der Waals surface area contributed by atoms with Crippen molar-refractivity contribution in [1.82, 2.24) is 15.5 Å². The largest absolute Gasteiger partial charge is 0.349 e. The maximum atomic E-state index is 11.5. The minimum Gasteiger partial charge on any atom is -0.349 e. The van der Waals surface area contributed by atoms with Gasteiger partial charge in [0, 0.05) is 6.54 Å². The quantitative estimate of drug-likeness (QED) is 0.105. The molecule has 4 heteroatoms. The van der Waals surface area contributed by atoms with E-state index in [9.17, 15) is 4.79 Å². The summed E-state index contributed by atoms with van der Waals surface area (Å²) in [4.78, 5) is 13.7. The highest BCUT2D eigenvalue weighted by Crippen LogP contribution is 2.30. The molecule has 0 heterocycles. The first-order valence-electron chi connectivity index (χ1n) is 15.2. The van der Waals surface area contributed by atoms with E-state index in [4.69, 9.17) is 0 Å². The second-order valence-electron chi connectivity index (χ2n) is 11.3. The highest BCUT2D eigenvalue weighted by Gasteiger charge is 2.27. The van der Waals surface area contributed by atoms with E-state index in [1.165, 1.54) is 101 Å². The summed E-state index contributed by atoms with van der Waals surface area (Å²) < 4.78 is 0. The highest BCUT2D eigenvalue weighted by atomic mass is 16.1. The standard InChI is InChI=1S/C32H59N3O/c1-5-6-7-8-9-10-11-12-13-14-15-16-17-18-21-25-32(2,34-29-36)31-24-20-19-23-30(31)28-33-26-22-27-35(3)4/h19-20,23-24,29,33H,5-18,21-22,25-28H2,1-4H3,(H,34,36). The van der Waals surface area contributed by atoms with Crippen LogP contribution in [0.2, 0.25) is 0 Å². The molecule has 208 valence electrons. The minimum absolute atomic E-state index is 0.305. The Morgan fingerprint density at radius 3 is 1.83 bits per heavy atom. The van der Waals surface area contributed by atoms with Gasteiger partial charge in [-0.1, -0.05) is 128 Å². The Balaban J connectivity index is 2.25. The lowest BCUT2D eigenvalue weighted by Gasteiger charge is -2.32. The monoisotopic (exact) mass is 501 g/mol. The summed E-state index contributed by atoms with van der Waals surface area (Å²) >= 11 is 0. The lowest BCUT2D eigenvalue weighted by molar-refractivity contribution is -0.111. The fourth-order valence-corrected chi connectivity index (χ4v) is 5.22. The molecule has 1 atom stereocenters. The molecule has 1 amide bonds. The van der Waals surface area contributed by atoms with E-state index in [1.807, 2.05) is 0 Å². The molecule has 0 saturated carbocycles. The SMILES string of the molecule is CCCCCCCCCCCCCCCCCC(C)(NC=O)c1ccccc1CNCCCN(C)C. The van der Waals surface area contributed by atoms with Crippen LogP contribution in [-0.2, 0) is 16.9 Å². The molecule has 0 aliphatic heterocycles. The third-order valence-corrected chi connectivity index (χ3v) is 7.54. The lowest BCUT2D eigenvalue weighted by atomic mass is 9.83. The predicted octanol–water partition coefficient (Wildman–Crippen LogP) is 7.95. The first-order valence-corrected chi connectivity index (χ1v) is 15.2. The van der Waals surface area contributed by atoms with Crippen LogP contribution in [0.3, 0.4) is 0 Å². The van der Waals surface area contributed by atoms with Crippen LogP contribution in [0.1, 0.15) is 134 Å². The van der Waals surface area contributed by atoms with E-state index in [-0.39, 0.29) is 5.54 Å². The number of carbonyl (C=O) groups excluding carboxylic acids is 1. The zero-order valence-electron chi connectivity index (χ0n) is 24.4. The van der Waals surface area contributed by atoms with Crippen LogP contribution in [0.25, 0.3) is 0 Å². The van der Waals surface area contributed by atoms with Gasteiger partial charge in [0.15, 0.2) is 0 Å². The molecule has 2 N–H and O–H groups in total. The molecule has 1 aromatic carbocycles. The third kappa shape index (κ3) is 15.7. The Labute approximate surface area is 224 Å². The maximum absolute atomic E-state index is 11.5. The predicted molar refractivity (Wildman–Crippen MR) is 157 cm³/mol. The van der Waals surface area contributed by atoms with Gasteiger partial charge in [-0.25, -0.2) is 0 Å². The second kappa shape index (κ2) is 21.7. The molecule has 1 aromatic rings. The Hall–Kier alpha value is -1.39. The third-order valence-electron chi connectivity index (χ3n) is 7.54. The molecule has 0 aliphatic rings. The summed E-state index contributed by atoms with van der Waals surface area (Å²) in [5.74, 6) is 0. The summed E-state index contributed by atoms with van der Waals surface area (Å²) in [5, 5.41) is 6.76. The Morgan fingerprint density at radius 1 is 0.778 bits per heavy atom. The molecule has 4 nitrogen and oxygen atoms in total. The normalized spacial score (nSPS) is 13.1. The molecule has 0 saturated heterocycles. The van der Waals surface area contributed by atoms with Crippen LogP contribution in [-0.4, -0.2) is 38.5 Å². The first-order chi connectivity index (χ1) is 17.5. The number of nitrogens with zero attached hydrogens (tertiary/aromatic N) is 1. The molecular formula is C32H59N3O. The van der Waals surface area contributed by atoms with Gasteiger partial charge in [-0.05, 0) is 58.1 Å². The van der Waals surface area contributed by atoms with E-state index < -0.39 is 0 Å². The molecule has 0 bridgehead atoms. The average Bonchev–Trinajstić information content (AvgIpc) is 2.86. The highest BCUT2D eigenvalue weighted by molar-refractivity contribution is 5.50. The van der Waals surface area contributed by atoms with Gasteiger partial charge in [0.05, 0.1) is 5.54 Å². The van der Waals surface area contributed by atoms with Gasteiger partial charge in [-0.2, -0.15) is 0 Å². The van der Waals surface area contributed by atoms with Crippen molar-refractivity contribution in [2.24, 2.45) is 0 Å². The molecular weight excluding hydrogens is 442 g/mol. The van der Waals surface area contributed by atoms with Crippen LogP contribution in [0, 0.1) is 0 Å². The van der Waals surface area contributed by atoms with Gasteiger partial charge in [0.1, 0.15) is 0 Å². The fourth-order valence-electron chi connectivity index (χ4n) is 5.22. The van der Waals surface area contributed by atoms with Crippen LogP contribution < -0.4 is 10.6 Å². The molecule has 0 aliphatic carbocycles. The maximum Gasteiger partial charge on any atom is 0.207 e. The first kappa shape index (κ1) is 32.6. The van der Waals surface area contributed by atoms with E-state index in [1.54, 1.807) is 0 Å². The number of amides is 1. The van der Waals surface area contributed by atoms with Crippen molar-refractivity contribution in [2.75, 3.05) is 27.2 Å². The van der Waals surface area contributed by atoms with Crippen molar-refractivity contribution in [1.29, 1.82) is 0 Å². The summed E-state index contributed by atoms with van der Waals surface area (Å²) in [6.45, 7) is 7.42. The number of nitrogens with one attached hydrogen (secondary N) is 2. The van der Waals surface area contributed by atoms with E-state index >= 15 is 0 Å². The van der Waals surface area contributed by atoms with E-state index in [0.717, 1.165) is 45.3 Å². The number of hydrogen-bond acceptors (Lipinski definition) is 3. The van der Waals surface area contributed by atoms with Crippen molar-refractivity contribution in [3.63, 3.8) is 0 Å². The summed E-state index contributed by atoms with van der Waals surface area (Å²) in [6.07, 6.45) is 23.6. The number of unbranched alkanes of at least 4 members (excludes halogenated alkanes) is 14. The zero-order chi connectivity index (χ0) is 26.3. The Morgan fingerprint density at radius 2 is 1.31 bits per heavy atom. The van der Waals surface area contributed by atoms with Gasteiger partial charge >= 0.3 is 0 Å². The Kier molecular flexibility index (Phi) is 19.6. The van der Waals surface area contributed by atoms with Crippen LogP contribution in [0.5, 0.6) is 0 Å². The number of benzene rings is 1. The lowest BCUT2D eigenvalue weighted by Crippen LogP contribution is -2.40. The van der Waals surface area contributed by atoms with Gasteiger partial charge in [-0.15, -0.1) is 0 Å². The molecule has 0 fully saturated rings. The number of carbonyl (C=O) groups is 1. The molecule has 36 heavy (non-hydrogen) atoms. The van der Waals surface area contributed by atoms with Gasteiger partial charge in [0.2, 0.25) is 6.41 Å². The van der Waals surface area contributed by atoms with Crippen LogP contribution >= 0.6 is 0 Å².